The molecule has 0 N–H and O–H groups in total. The zero-order valence-electron chi connectivity index (χ0n) is 10.1. The van der Waals surface area contributed by atoms with Crippen molar-refractivity contribution in [1.29, 1.82) is 0 Å². The first-order chi connectivity index (χ1) is 7.99. The van der Waals surface area contributed by atoms with Gasteiger partial charge in [-0.25, -0.2) is 8.78 Å². The molecule has 0 saturated heterocycles. The lowest BCUT2D eigenvalue weighted by Gasteiger charge is -2.02. The van der Waals surface area contributed by atoms with Crippen LogP contribution in [-0.2, 0) is 6.42 Å². The minimum Gasteiger partial charge on any atom is -0.208 e. The Morgan fingerprint density at radius 1 is 1.24 bits per heavy atom. The van der Waals surface area contributed by atoms with Gasteiger partial charge in [0.05, 0.1) is 0 Å². The maximum absolute atomic E-state index is 13.0. The van der Waals surface area contributed by atoms with Crippen molar-refractivity contribution >= 4 is 0 Å². The Balaban J connectivity index is 2.64. The molecule has 0 bridgehead atoms. The predicted octanol–water partition coefficient (Wildman–Crippen LogP) is 4.74. The normalized spacial score (nSPS) is 12.1. The third kappa shape index (κ3) is 4.77. The van der Waals surface area contributed by atoms with E-state index in [1.54, 1.807) is 6.08 Å². The van der Waals surface area contributed by atoms with E-state index < -0.39 is 11.7 Å². The Morgan fingerprint density at radius 3 is 2.53 bits per heavy atom. The quantitative estimate of drug-likeness (QED) is 0.660. The summed E-state index contributed by atoms with van der Waals surface area (Å²) in [5.41, 5.74) is 3.55. The molecule has 0 aromatic heterocycles. The van der Waals surface area contributed by atoms with Crippen LogP contribution in [0.25, 0.3) is 0 Å². The van der Waals surface area contributed by atoms with E-state index in [1.807, 2.05) is 26.0 Å². The third-order valence-corrected chi connectivity index (χ3v) is 2.50. The van der Waals surface area contributed by atoms with Crippen molar-refractivity contribution in [2.24, 2.45) is 0 Å². The molecule has 0 fully saturated rings. The van der Waals surface area contributed by atoms with Crippen LogP contribution < -0.4 is 0 Å². The third-order valence-electron chi connectivity index (χ3n) is 2.50. The average Bonchev–Trinajstić information content (AvgIpc) is 2.22. The van der Waals surface area contributed by atoms with Crippen LogP contribution in [0.15, 0.2) is 54.7 Å². The number of hydrogen-bond acceptors (Lipinski definition) is 0. The van der Waals surface area contributed by atoms with E-state index in [-0.39, 0.29) is 0 Å². The van der Waals surface area contributed by atoms with E-state index in [9.17, 15) is 8.78 Å². The van der Waals surface area contributed by atoms with Gasteiger partial charge in [0.25, 0.3) is 0 Å². The summed E-state index contributed by atoms with van der Waals surface area (Å²) in [6, 6.07) is 6.10. The lowest BCUT2D eigenvalue weighted by atomic mass is 10.0. The molecule has 17 heavy (non-hydrogen) atoms. The van der Waals surface area contributed by atoms with Gasteiger partial charge in [-0.2, -0.15) is 0 Å². The summed E-state index contributed by atoms with van der Waals surface area (Å²) >= 11 is 0. The first-order valence-electron chi connectivity index (χ1n) is 5.43. The second kappa shape index (κ2) is 6.14. The fourth-order valence-corrected chi connectivity index (χ4v) is 1.44. The minimum atomic E-state index is -0.779. The van der Waals surface area contributed by atoms with Crippen LogP contribution in [0.5, 0.6) is 0 Å². The molecule has 0 unspecified atom stereocenters. The maximum atomic E-state index is 13.0. The van der Waals surface area contributed by atoms with E-state index in [2.05, 4.69) is 12.6 Å². The summed E-state index contributed by atoms with van der Waals surface area (Å²) in [5, 5.41) is 0. The summed E-state index contributed by atoms with van der Waals surface area (Å²) in [4.78, 5) is 0. The van der Waals surface area contributed by atoms with Gasteiger partial charge in [0, 0.05) is 6.08 Å². The molecule has 0 aliphatic heterocycles. The molecular weight excluding hydrogens is 218 g/mol. The molecule has 0 saturated carbocycles. The van der Waals surface area contributed by atoms with Crippen LogP contribution in [-0.4, -0.2) is 0 Å². The van der Waals surface area contributed by atoms with Crippen molar-refractivity contribution in [3.05, 3.63) is 71.4 Å². The summed E-state index contributed by atoms with van der Waals surface area (Å²) in [5.74, 6) is -1.40. The Labute approximate surface area is 101 Å². The number of allylic oxidation sites excluding steroid dienone is 5. The topological polar surface area (TPSA) is 0 Å². The van der Waals surface area contributed by atoms with Gasteiger partial charge in [-0.05, 0) is 43.0 Å². The molecule has 0 aliphatic rings. The number of rotatable bonds is 4. The van der Waals surface area contributed by atoms with Crippen LogP contribution in [0.2, 0.25) is 0 Å². The molecule has 0 nitrogen and oxygen atoms in total. The maximum Gasteiger partial charge on any atom is 0.125 e. The van der Waals surface area contributed by atoms with Gasteiger partial charge in [0.2, 0.25) is 0 Å². The lowest BCUT2D eigenvalue weighted by Crippen LogP contribution is -1.85. The van der Waals surface area contributed by atoms with Crippen molar-refractivity contribution in [2.75, 3.05) is 0 Å². The van der Waals surface area contributed by atoms with Crippen molar-refractivity contribution in [1.82, 2.24) is 0 Å². The second-order valence-electron chi connectivity index (χ2n) is 4.00. The number of hydrogen-bond donors (Lipinski definition) is 0. The molecule has 0 heterocycles. The standard InChI is InChI=1S/C15H16F2/c1-11-7-8-14(9-12(11)2)5-4-6-15(17)10-13(3)16/h4,6-10H,3,5H2,1-2H3/b6-4-,15-10+. The zero-order chi connectivity index (χ0) is 12.8. The zero-order valence-corrected chi connectivity index (χ0v) is 10.1. The van der Waals surface area contributed by atoms with Gasteiger partial charge < -0.3 is 0 Å². The smallest absolute Gasteiger partial charge is 0.125 e. The lowest BCUT2D eigenvalue weighted by molar-refractivity contribution is 0.633. The molecule has 0 aliphatic carbocycles. The van der Waals surface area contributed by atoms with E-state index in [0.29, 0.717) is 6.42 Å². The van der Waals surface area contributed by atoms with Gasteiger partial charge >= 0.3 is 0 Å². The Kier molecular flexibility index (Phi) is 4.83. The van der Waals surface area contributed by atoms with Crippen molar-refractivity contribution in [3.8, 4) is 0 Å². The molecule has 2 heteroatoms. The molecule has 0 radical (unpaired) electrons. The van der Waals surface area contributed by atoms with Gasteiger partial charge in [-0.1, -0.05) is 30.9 Å². The fraction of sp³-hybridized carbons (Fsp3) is 0.200. The average molecular weight is 234 g/mol. The van der Waals surface area contributed by atoms with Crippen molar-refractivity contribution in [3.63, 3.8) is 0 Å². The highest BCUT2D eigenvalue weighted by molar-refractivity contribution is 5.31. The summed E-state index contributed by atoms with van der Waals surface area (Å²) in [6.45, 7) is 7.05. The molecule has 0 atom stereocenters. The first kappa shape index (κ1) is 13.4. The highest BCUT2D eigenvalue weighted by atomic mass is 19.1. The Morgan fingerprint density at radius 2 is 1.94 bits per heavy atom. The second-order valence-corrected chi connectivity index (χ2v) is 4.00. The highest BCUT2D eigenvalue weighted by Gasteiger charge is 1.95. The molecule has 90 valence electrons. The molecule has 0 amide bonds. The van der Waals surface area contributed by atoms with Crippen molar-refractivity contribution < 1.29 is 8.78 Å². The number of aryl methyl sites for hydroxylation is 2. The molecule has 1 aromatic rings. The Hall–Kier alpha value is -1.70. The largest absolute Gasteiger partial charge is 0.208 e. The molecule has 0 spiro atoms. The summed E-state index contributed by atoms with van der Waals surface area (Å²) < 4.78 is 25.2. The Bertz CT molecular complexity index is 468. The molecule has 1 rings (SSSR count). The number of halogens is 2. The summed E-state index contributed by atoms with van der Waals surface area (Å²) in [6.07, 6.45) is 4.30. The van der Waals surface area contributed by atoms with Gasteiger partial charge in [-0.15, -0.1) is 0 Å². The monoisotopic (exact) mass is 234 g/mol. The van der Waals surface area contributed by atoms with Crippen LogP contribution in [0.3, 0.4) is 0 Å². The van der Waals surface area contributed by atoms with E-state index in [1.165, 1.54) is 17.2 Å². The fourth-order valence-electron chi connectivity index (χ4n) is 1.44. The van der Waals surface area contributed by atoms with Crippen LogP contribution in [0.1, 0.15) is 16.7 Å². The minimum absolute atomic E-state index is 0.624. The first-order valence-corrected chi connectivity index (χ1v) is 5.43. The summed E-state index contributed by atoms with van der Waals surface area (Å²) in [7, 11) is 0. The van der Waals surface area contributed by atoms with Gasteiger partial charge in [0.15, 0.2) is 0 Å². The predicted molar refractivity (Wildman–Crippen MR) is 68.2 cm³/mol. The molecule has 1 aromatic carbocycles. The van der Waals surface area contributed by atoms with Gasteiger partial charge in [0.1, 0.15) is 11.7 Å². The SMILES string of the molecule is C=C(F)/C=C(F)\C=C/Cc1ccc(C)c(C)c1. The van der Waals surface area contributed by atoms with Crippen LogP contribution in [0, 0.1) is 13.8 Å². The number of benzene rings is 1. The highest BCUT2D eigenvalue weighted by Crippen LogP contribution is 2.11. The van der Waals surface area contributed by atoms with E-state index >= 15 is 0 Å². The van der Waals surface area contributed by atoms with E-state index in [4.69, 9.17) is 0 Å². The molecular formula is C15H16F2. The van der Waals surface area contributed by atoms with E-state index in [0.717, 1.165) is 11.6 Å². The van der Waals surface area contributed by atoms with Gasteiger partial charge in [-0.3, -0.25) is 0 Å². The van der Waals surface area contributed by atoms with Crippen molar-refractivity contribution in [2.45, 2.75) is 20.3 Å². The van der Waals surface area contributed by atoms with Crippen LogP contribution >= 0.6 is 0 Å². The van der Waals surface area contributed by atoms with Crippen LogP contribution in [0.4, 0.5) is 8.78 Å².